The quantitative estimate of drug-likeness (QED) is 0.833. The Hall–Kier alpha value is -1.46. The first kappa shape index (κ1) is 12.0. The minimum Gasteiger partial charge on any atom is -0.388 e. The van der Waals surface area contributed by atoms with Crippen molar-refractivity contribution in [2.24, 2.45) is 5.73 Å². The summed E-state index contributed by atoms with van der Waals surface area (Å²) in [5.41, 5.74) is 8.77. The van der Waals surface area contributed by atoms with Crippen molar-refractivity contribution >= 4 is 34.4 Å². The van der Waals surface area contributed by atoms with Gasteiger partial charge in [-0.1, -0.05) is 18.3 Å². The van der Waals surface area contributed by atoms with E-state index in [0.29, 0.717) is 10.7 Å². The summed E-state index contributed by atoms with van der Waals surface area (Å²) in [5, 5.41) is 7.54. The summed E-state index contributed by atoms with van der Waals surface area (Å²) < 4.78 is 0. The third-order valence-corrected chi connectivity index (χ3v) is 3.54. The third kappa shape index (κ3) is 3.01. The molecule has 0 saturated carbocycles. The molecule has 0 saturated heterocycles. The summed E-state index contributed by atoms with van der Waals surface area (Å²) in [7, 11) is 0. The van der Waals surface area contributed by atoms with Gasteiger partial charge in [0.2, 0.25) is 0 Å². The highest BCUT2D eigenvalue weighted by molar-refractivity contribution is 7.80. The lowest BCUT2D eigenvalue weighted by Gasteiger charge is -2.06. The second-order valence-corrected chi connectivity index (χ2v) is 4.89. The molecule has 5 heteroatoms. The number of nitrogens with two attached hydrogens (primary N) is 1. The maximum Gasteiger partial charge on any atom is 0.127 e. The molecule has 0 fully saturated rings. The normalized spacial score (nSPS) is 10.2. The second kappa shape index (κ2) is 5.25. The van der Waals surface area contributed by atoms with Gasteiger partial charge >= 0.3 is 0 Å². The Morgan fingerprint density at radius 1 is 1.47 bits per heavy atom. The van der Waals surface area contributed by atoms with E-state index in [9.17, 15) is 0 Å². The van der Waals surface area contributed by atoms with Crippen LogP contribution in [-0.2, 0) is 6.54 Å². The molecule has 2 heterocycles. The molecule has 0 amide bonds. The molecule has 0 bridgehead atoms. The lowest BCUT2D eigenvalue weighted by atomic mass is 10.2. The molecule has 3 N–H and O–H groups in total. The molecule has 0 aliphatic heterocycles. The van der Waals surface area contributed by atoms with Crippen LogP contribution in [0, 0.1) is 6.92 Å². The molecule has 3 nitrogen and oxygen atoms in total. The van der Waals surface area contributed by atoms with E-state index in [2.05, 4.69) is 28.0 Å². The molecule has 88 valence electrons. The van der Waals surface area contributed by atoms with Gasteiger partial charge in [-0.2, -0.15) is 11.3 Å². The van der Waals surface area contributed by atoms with Gasteiger partial charge in [0.1, 0.15) is 10.8 Å². The predicted octanol–water partition coefficient (Wildman–Crippen LogP) is 2.70. The molecule has 17 heavy (non-hydrogen) atoms. The fourth-order valence-corrected chi connectivity index (χ4v) is 2.39. The summed E-state index contributed by atoms with van der Waals surface area (Å²) in [6.45, 7) is 2.87. The first-order chi connectivity index (χ1) is 8.16. The number of hydrogen-bond donors (Lipinski definition) is 2. The van der Waals surface area contributed by atoms with Crippen LogP contribution >= 0.6 is 23.6 Å². The maximum absolute atomic E-state index is 5.54. The Balaban J connectivity index is 2.07. The lowest BCUT2D eigenvalue weighted by molar-refractivity contribution is 1.10. The molecule has 0 atom stereocenters. The molecule has 0 spiro atoms. The number of aromatic nitrogens is 1. The number of hydrogen-bond acceptors (Lipinski definition) is 4. The Kier molecular flexibility index (Phi) is 3.71. The fraction of sp³-hybridized carbons (Fsp3) is 0.167. The van der Waals surface area contributed by atoms with Crippen molar-refractivity contribution in [1.82, 2.24) is 4.98 Å². The van der Waals surface area contributed by atoms with Crippen LogP contribution in [0.1, 0.15) is 16.8 Å². The van der Waals surface area contributed by atoms with E-state index in [1.807, 2.05) is 18.2 Å². The van der Waals surface area contributed by atoms with Crippen LogP contribution in [0.25, 0.3) is 0 Å². The average Bonchev–Trinajstić information content (AvgIpc) is 2.72. The molecular formula is C12H13N3S2. The van der Waals surface area contributed by atoms with Crippen LogP contribution < -0.4 is 11.1 Å². The van der Waals surface area contributed by atoms with Gasteiger partial charge in [-0.15, -0.1) is 0 Å². The van der Waals surface area contributed by atoms with Crippen molar-refractivity contribution in [3.05, 3.63) is 45.8 Å². The summed E-state index contributed by atoms with van der Waals surface area (Å²) in [5.74, 6) is 0.793. The topological polar surface area (TPSA) is 50.9 Å². The highest BCUT2D eigenvalue weighted by Gasteiger charge is 2.02. The van der Waals surface area contributed by atoms with Crippen LogP contribution in [0.5, 0.6) is 0 Å². The fourth-order valence-electron chi connectivity index (χ4n) is 1.42. The zero-order chi connectivity index (χ0) is 12.3. The number of thiophene rings is 1. The molecular weight excluding hydrogens is 250 g/mol. The molecule has 2 rings (SSSR count). The van der Waals surface area contributed by atoms with Crippen molar-refractivity contribution in [3.8, 4) is 0 Å². The Morgan fingerprint density at radius 2 is 2.29 bits per heavy atom. The SMILES string of the molecule is Cc1cscc1CNc1cccc(C(N)=S)n1. The zero-order valence-electron chi connectivity index (χ0n) is 9.43. The third-order valence-electron chi connectivity index (χ3n) is 2.42. The van der Waals surface area contributed by atoms with Crippen LogP contribution in [0.15, 0.2) is 29.0 Å². The summed E-state index contributed by atoms with van der Waals surface area (Å²) in [6.07, 6.45) is 0. The first-order valence-electron chi connectivity index (χ1n) is 5.19. The largest absolute Gasteiger partial charge is 0.388 e. The van der Waals surface area contributed by atoms with E-state index in [0.717, 1.165) is 12.4 Å². The number of pyridine rings is 1. The highest BCUT2D eigenvalue weighted by atomic mass is 32.1. The number of anilines is 1. The maximum atomic E-state index is 5.54. The van der Waals surface area contributed by atoms with Gasteiger partial charge in [-0.3, -0.25) is 0 Å². The van der Waals surface area contributed by atoms with Crippen molar-refractivity contribution < 1.29 is 0 Å². The van der Waals surface area contributed by atoms with E-state index in [1.54, 1.807) is 11.3 Å². The van der Waals surface area contributed by atoms with E-state index in [1.165, 1.54) is 11.1 Å². The van der Waals surface area contributed by atoms with E-state index >= 15 is 0 Å². The van der Waals surface area contributed by atoms with Crippen LogP contribution in [0.4, 0.5) is 5.82 Å². The molecule has 0 unspecified atom stereocenters. The van der Waals surface area contributed by atoms with Crippen LogP contribution in [0.3, 0.4) is 0 Å². The van der Waals surface area contributed by atoms with Crippen molar-refractivity contribution in [3.63, 3.8) is 0 Å². The summed E-state index contributed by atoms with van der Waals surface area (Å²) in [6, 6.07) is 5.61. The monoisotopic (exact) mass is 263 g/mol. The Morgan fingerprint density at radius 3 is 2.94 bits per heavy atom. The van der Waals surface area contributed by atoms with Gasteiger partial charge < -0.3 is 11.1 Å². The molecule has 0 aliphatic rings. The van der Waals surface area contributed by atoms with Gasteiger partial charge in [0, 0.05) is 6.54 Å². The molecule has 2 aromatic rings. The van der Waals surface area contributed by atoms with Crippen molar-refractivity contribution in [1.29, 1.82) is 0 Å². The standard InChI is InChI=1S/C12H13N3S2/c1-8-6-17-7-9(8)5-14-11-4-2-3-10(15-11)12(13)16/h2-4,6-7H,5H2,1H3,(H2,13,16)(H,14,15). The van der Waals surface area contributed by atoms with Crippen molar-refractivity contribution in [2.75, 3.05) is 5.32 Å². The Labute approximate surface area is 110 Å². The zero-order valence-corrected chi connectivity index (χ0v) is 11.1. The average molecular weight is 263 g/mol. The van der Waals surface area contributed by atoms with E-state index < -0.39 is 0 Å². The van der Waals surface area contributed by atoms with Crippen LogP contribution in [0.2, 0.25) is 0 Å². The van der Waals surface area contributed by atoms with E-state index in [4.69, 9.17) is 18.0 Å². The summed E-state index contributed by atoms with van der Waals surface area (Å²) in [4.78, 5) is 4.65. The van der Waals surface area contributed by atoms with Gasteiger partial charge in [0.05, 0.1) is 5.69 Å². The number of nitrogens with zero attached hydrogens (tertiary/aromatic N) is 1. The molecule has 0 aromatic carbocycles. The molecule has 0 radical (unpaired) electrons. The number of rotatable bonds is 4. The van der Waals surface area contributed by atoms with E-state index in [-0.39, 0.29) is 0 Å². The summed E-state index contributed by atoms with van der Waals surface area (Å²) >= 11 is 6.60. The number of aryl methyl sites for hydroxylation is 1. The molecule has 0 aliphatic carbocycles. The molecule has 2 aromatic heterocycles. The van der Waals surface area contributed by atoms with Crippen molar-refractivity contribution in [2.45, 2.75) is 13.5 Å². The lowest BCUT2D eigenvalue weighted by Crippen LogP contribution is -2.12. The smallest absolute Gasteiger partial charge is 0.127 e. The highest BCUT2D eigenvalue weighted by Crippen LogP contribution is 2.15. The minimum absolute atomic E-state index is 0.320. The first-order valence-corrected chi connectivity index (χ1v) is 6.54. The van der Waals surface area contributed by atoms with Gasteiger partial charge in [-0.05, 0) is 40.9 Å². The number of nitrogens with one attached hydrogen (secondary N) is 1. The predicted molar refractivity (Wildman–Crippen MR) is 76.5 cm³/mol. The van der Waals surface area contributed by atoms with Gasteiger partial charge in [0.25, 0.3) is 0 Å². The number of thiocarbonyl (C=S) groups is 1. The minimum atomic E-state index is 0.320. The Bertz CT molecular complexity index is 534. The van der Waals surface area contributed by atoms with Gasteiger partial charge in [-0.25, -0.2) is 4.98 Å². The van der Waals surface area contributed by atoms with Gasteiger partial charge in [0.15, 0.2) is 0 Å². The van der Waals surface area contributed by atoms with Crippen LogP contribution in [-0.4, -0.2) is 9.97 Å². The second-order valence-electron chi connectivity index (χ2n) is 3.71.